The monoisotopic (exact) mass is 320 g/mol. The third kappa shape index (κ3) is 3.24. The van der Waals surface area contributed by atoms with Crippen LogP contribution < -0.4 is 10.5 Å². The predicted octanol–water partition coefficient (Wildman–Crippen LogP) is 2.60. The molecule has 4 nitrogen and oxygen atoms in total. The van der Waals surface area contributed by atoms with Gasteiger partial charge in [-0.2, -0.15) is 11.3 Å². The number of rotatable bonds is 4. The van der Waals surface area contributed by atoms with Crippen molar-refractivity contribution in [2.45, 2.75) is 11.4 Å². The predicted molar refractivity (Wildman–Crippen MR) is 74.2 cm³/mol. The van der Waals surface area contributed by atoms with Gasteiger partial charge in [0.25, 0.3) is 0 Å². The summed E-state index contributed by atoms with van der Waals surface area (Å²) < 4.78 is 40.0. The van der Waals surface area contributed by atoms with Gasteiger partial charge in [-0.05, 0) is 34.5 Å². The van der Waals surface area contributed by atoms with Crippen molar-refractivity contribution in [1.82, 2.24) is 4.72 Å². The summed E-state index contributed by atoms with van der Waals surface area (Å²) in [6.07, 6.45) is 0. The zero-order valence-electron chi connectivity index (χ0n) is 9.56. The molecule has 8 heteroatoms. The summed E-state index contributed by atoms with van der Waals surface area (Å²) in [4.78, 5) is -0.548. The van der Waals surface area contributed by atoms with Crippen molar-refractivity contribution >= 4 is 38.6 Å². The minimum absolute atomic E-state index is 0.0646. The number of benzene rings is 1. The Morgan fingerprint density at radius 3 is 2.79 bits per heavy atom. The highest BCUT2D eigenvalue weighted by molar-refractivity contribution is 7.89. The van der Waals surface area contributed by atoms with Crippen molar-refractivity contribution in [3.05, 3.63) is 45.4 Å². The van der Waals surface area contributed by atoms with E-state index >= 15 is 0 Å². The van der Waals surface area contributed by atoms with Crippen LogP contribution in [0.2, 0.25) is 5.02 Å². The van der Waals surface area contributed by atoms with Crippen LogP contribution in [-0.2, 0) is 16.6 Å². The van der Waals surface area contributed by atoms with Gasteiger partial charge < -0.3 is 5.73 Å². The standard InChI is InChI=1S/C11H10ClFN2O2S2/c12-8-3-9(14)11(13)10(4-8)19(16,17)15-5-7-1-2-18-6-7/h1-4,6,15H,5,14H2. The van der Waals surface area contributed by atoms with Crippen LogP contribution >= 0.6 is 22.9 Å². The molecule has 2 rings (SSSR count). The van der Waals surface area contributed by atoms with Crippen LogP contribution in [0.15, 0.2) is 33.9 Å². The average molecular weight is 321 g/mol. The lowest BCUT2D eigenvalue weighted by Gasteiger charge is -2.09. The third-order valence-corrected chi connectivity index (χ3v) is 4.72. The van der Waals surface area contributed by atoms with Gasteiger partial charge in [0.2, 0.25) is 10.0 Å². The van der Waals surface area contributed by atoms with Crippen molar-refractivity contribution < 1.29 is 12.8 Å². The minimum Gasteiger partial charge on any atom is -0.396 e. The number of hydrogen-bond acceptors (Lipinski definition) is 4. The molecule has 0 amide bonds. The van der Waals surface area contributed by atoms with E-state index in [1.165, 1.54) is 11.3 Å². The number of nitrogens with one attached hydrogen (secondary N) is 1. The number of nitrogen functional groups attached to an aromatic ring is 1. The summed E-state index contributed by atoms with van der Waals surface area (Å²) in [6.45, 7) is 0.0810. The quantitative estimate of drug-likeness (QED) is 0.851. The molecule has 0 atom stereocenters. The number of anilines is 1. The largest absolute Gasteiger partial charge is 0.396 e. The molecule has 1 aromatic carbocycles. The Kier molecular flexibility index (Phi) is 4.10. The summed E-state index contributed by atoms with van der Waals surface area (Å²) in [6, 6.07) is 3.97. The molecule has 0 fully saturated rings. The first kappa shape index (κ1) is 14.3. The van der Waals surface area contributed by atoms with Gasteiger partial charge in [-0.1, -0.05) is 11.6 Å². The summed E-state index contributed by atoms with van der Waals surface area (Å²) in [5.74, 6) is -0.998. The van der Waals surface area contributed by atoms with Gasteiger partial charge in [-0.3, -0.25) is 0 Å². The molecule has 102 valence electrons. The van der Waals surface area contributed by atoms with E-state index in [4.69, 9.17) is 17.3 Å². The first-order valence-corrected chi connectivity index (χ1v) is 7.96. The van der Waals surface area contributed by atoms with E-state index in [1.54, 1.807) is 11.4 Å². The van der Waals surface area contributed by atoms with Gasteiger partial charge in [-0.25, -0.2) is 17.5 Å². The van der Waals surface area contributed by atoms with E-state index in [1.807, 2.05) is 5.38 Å². The van der Waals surface area contributed by atoms with Gasteiger partial charge in [-0.15, -0.1) is 0 Å². The lowest BCUT2D eigenvalue weighted by Crippen LogP contribution is -2.24. The maximum Gasteiger partial charge on any atom is 0.243 e. The van der Waals surface area contributed by atoms with Crippen LogP contribution in [-0.4, -0.2) is 8.42 Å². The summed E-state index contributed by atoms with van der Waals surface area (Å²) in [5.41, 5.74) is 5.85. The number of thiophene rings is 1. The average Bonchev–Trinajstić information content (AvgIpc) is 2.84. The van der Waals surface area contributed by atoms with Crippen LogP contribution in [0.5, 0.6) is 0 Å². The van der Waals surface area contributed by atoms with Gasteiger partial charge >= 0.3 is 0 Å². The van der Waals surface area contributed by atoms with E-state index in [9.17, 15) is 12.8 Å². The fourth-order valence-electron chi connectivity index (χ4n) is 1.43. The summed E-state index contributed by atoms with van der Waals surface area (Å²) in [5, 5.41) is 3.68. The smallest absolute Gasteiger partial charge is 0.243 e. The number of sulfonamides is 1. The minimum atomic E-state index is -4.00. The van der Waals surface area contributed by atoms with E-state index < -0.39 is 20.7 Å². The molecule has 0 aliphatic heterocycles. The first-order chi connectivity index (χ1) is 8.90. The lowest BCUT2D eigenvalue weighted by molar-refractivity contribution is 0.558. The molecule has 0 spiro atoms. The van der Waals surface area contributed by atoms with E-state index in [-0.39, 0.29) is 17.3 Å². The van der Waals surface area contributed by atoms with Crippen molar-refractivity contribution in [1.29, 1.82) is 0 Å². The zero-order chi connectivity index (χ0) is 14.0. The molecule has 0 saturated heterocycles. The maximum atomic E-state index is 13.7. The summed E-state index contributed by atoms with van der Waals surface area (Å²) in [7, 11) is -4.00. The Morgan fingerprint density at radius 1 is 1.42 bits per heavy atom. The molecule has 0 radical (unpaired) electrons. The van der Waals surface area contributed by atoms with Gasteiger partial charge in [0.05, 0.1) is 5.69 Å². The Labute approximate surface area is 119 Å². The molecule has 1 heterocycles. The fourth-order valence-corrected chi connectivity index (χ4v) is 3.54. The molecule has 0 bridgehead atoms. The molecule has 0 aliphatic carbocycles. The van der Waals surface area contributed by atoms with Gasteiger partial charge in [0.1, 0.15) is 4.90 Å². The highest BCUT2D eigenvalue weighted by Crippen LogP contribution is 2.25. The molecule has 3 N–H and O–H groups in total. The van der Waals surface area contributed by atoms with Crippen LogP contribution in [0.1, 0.15) is 5.56 Å². The second kappa shape index (κ2) is 5.46. The van der Waals surface area contributed by atoms with Crippen LogP contribution in [0.25, 0.3) is 0 Å². The fraction of sp³-hybridized carbons (Fsp3) is 0.0909. The van der Waals surface area contributed by atoms with E-state index in [2.05, 4.69) is 4.72 Å². The van der Waals surface area contributed by atoms with Gasteiger partial charge in [0, 0.05) is 11.6 Å². The zero-order valence-corrected chi connectivity index (χ0v) is 11.9. The van der Waals surface area contributed by atoms with Crippen molar-refractivity contribution in [2.24, 2.45) is 0 Å². The Balaban J connectivity index is 2.29. The topological polar surface area (TPSA) is 72.2 Å². The van der Waals surface area contributed by atoms with Gasteiger partial charge in [0.15, 0.2) is 5.82 Å². The molecular weight excluding hydrogens is 311 g/mol. The van der Waals surface area contributed by atoms with Crippen LogP contribution in [0, 0.1) is 5.82 Å². The molecule has 0 aliphatic rings. The number of nitrogens with two attached hydrogens (primary N) is 1. The maximum absolute atomic E-state index is 13.7. The summed E-state index contributed by atoms with van der Waals surface area (Å²) >= 11 is 7.13. The number of hydrogen-bond donors (Lipinski definition) is 2. The molecule has 0 unspecified atom stereocenters. The second-order valence-corrected chi connectivity index (χ2v) is 6.72. The van der Waals surface area contributed by atoms with Crippen molar-refractivity contribution in [3.8, 4) is 0 Å². The van der Waals surface area contributed by atoms with E-state index in [0.717, 1.165) is 17.7 Å². The van der Waals surface area contributed by atoms with Crippen LogP contribution in [0.3, 0.4) is 0 Å². The van der Waals surface area contributed by atoms with Crippen molar-refractivity contribution in [3.63, 3.8) is 0 Å². The Bertz CT molecular complexity index is 687. The van der Waals surface area contributed by atoms with Crippen molar-refractivity contribution in [2.75, 3.05) is 5.73 Å². The first-order valence-electron chi connectivity index (χ1n) is 5.15. The third-order valence-electron chi connectivity index (χ3n) is 2.37. The Hall–Kier alpha value is -1.15. The highest BCUT2D eigenvalue weighted by atomic mass is 35.5. The molecule has 0 saturated carbocycles. The molecule has 2 aromatic rings. The molecular formula is C11H10ClFN2O2S2. The molecule has 19 heavy (non-hydrogen) atoms. The highest BCUT2D eigenvalue weighted by Gasteiger charge is 2.21. The number of halogens is 2. The SMILES string of the molecule is Nc1cc(Cl)cc(S(=O)(=O)NCc2ccsc2)c1F. The lowest BCUT2D eigenvalue weighted by atomic mass is 10.3. The van der Waals surface area contributed by atoms with E-state index in [0.29, 0.717) is 0 Å². The Morgan fingerprint density at radius 2 is 2.16 bits per heavy atom. The van der Waals surface area contributed by atoms with Crippen LogP contribution in [0.4, 0.5) is 10.1 Å². The normalized spacial score (nSPS) is 11.7. The molecule has 1 aromatic heterocycles. The second-order valence-electron chi connectivity index (χ2n) is 3.76.